The van der Waals surface area contributed by atoms with Gasteiger partial charge < -0.3 is 10.6 Å². The van der Waals surface area contributed by atoms with Crippen molar-refractivity contribution in [1.29, 1.82) is 0 Å². The lowest BCUT2D eigenvalue weighted by molar-refractivity contribution is -0.117. The Balaban J connectivity index is 1.74. The number of amides is 1. The Morgan fingerprint density at radius 3 is 2.69 bits per heavy atom. The van der Waals surface area contributed by atoms with E-state index in [4.69, 9.17) is 0 Å². The maximum Gasteiger partial charge on any atom is 0.246 e. The molecule has 2 heterocycles. The molecule has 2 aliphatic rings. The molecule has 0 aromatic rings. The van der Waals surface area contributed by atoms with Crippen LogP contribution in [-0.4, -0.2) is 37.0 Å². The molecule has 3 nitrogen and oxygen atoms in total. The summed E-state index contributed by atoms with van der Waals surface area (Å²) in [6.07, 6.45) is 2.50. The van der Waals surface area contributed by atoms with Gasteiger partial charge in [-0.1, -0.05) is 0 Å². The van der Waals surface area contributed by atoms with Gasteiger partial charge in [0.15, 0.2) is 0 Å². The molecule has 90 valence electrons. The van der Waals surface area contributed by atoms with Crippen molar-refractivity contribution in [3.63, 3.8) is 0 Å². The highest BCUT2D eigenvalue weighted by atomic mass is 32.2. The average Bonchev–Trinajstić information content (AvgIpc) is 2.25. The first kappa shape index (κ1) is 12.0. The van der Waals surface area contributed by atoms with Gasteiger partial charge in [0.25, 0.3) is 0 Å². The number of hydrogen-bond donors (Lipinski definition) is 2. The van der Waals surface area contributed by atoms with Gasteiger partial charge in [-0.15, -0.1) is 0 Å². The lowest BCUT2D eigenvalue weighted by atomic mass is 10.0. The molecule has 0 spiro atoms. The molecule has 2 aliphatic heterocycles. The summed E-state index contributed by atoms with van der Waals surface area (Å²) in [5, 5.41) is 6.23. The molecule has 0 atom stereocenters. The lowest BCUT2D eigenvalue weighted by Gasteiger charge is -2.24. The molecule has 2 rings (SSSR count). The van der Waals surface area contributed by atoms with E-state index in [1.807, 2.05) is 18.7 Å². The molecule has 0 aromatic heterocycles. The van der Waals surface area contributed by atoms with Gasteiger partial charge in [-0.2, -0.15) is 11.8 Å². The van der Waals surface area contributed by atoms with Crippen LogP contribution in [0.2, 0.25) is 0 Å². The number of thioether (sulfide) groups is 1. The zero-order chi connectivity index (χ0) is 11.4. The Morgan fingerprint density at radius 1 is 1.44 bits per heavy atom. The van der Waals surface area contributed by atoms with Crippen molar-refractivity contribution < 1.29 is 4.79 Å². The minimum Gasteiger partial charge on any atom is -0.352 e. The Bertz CT molecular complexity index is 289. The van der Waals surface area contributed by atoms with Gasteiger partial charge in [-0.3, -0.25) is 4.79 Å². The summed E-state index contributed by atoms with van der Waals surface area (Å²) in [5.74, 6) is 3.34. The average molecular weight is 240 g/mol. The summed E-state index contributed by atoms with van der Waals surface area (Å²) < 4.78 is 0. The molecule has 0 unspecified atom stereocenters. The van der Waals surface area contributed by atoms with E-state index >= 15 is 0 Å². The second kappa shape index (κ2) is 5.73. The smallest absolute Gasteiger partial charge is 0.246 e. The summed E-state index contributed by atoms with van der Waals surface area (Å²) in [5.41, 5.74) is 2.18. The summed E-state index contributed by atoms with van der Waals surface area (Å²) in [6.45, 7) is 4.57. The quantitative estimate of drug-likeness (QED) is 0.728. The fraction of sp³-hybridized carbons (Fsp3) is 0.750. The summed E-state index contributed by atoms with van der Waals surface area (Å²) in [4.78, 5) is 11.8. The van der Waals surface area contributed by atoms with Gasteiger partial charge in [-0.25, -0.2) is 0 Å². The highest BCUT2D eigenvalue weighted by Crippen LogP contribution is 2.22. The molecule has 0 radical (unpaired) electrons. The zero-order valence-corrected chi connectivity index (χ0v) is 10.7. The van der Waals surface area contributed by atoms with Gasteiger partial charge in [0.1, 0.15) is 0 Å². The van der Waals surface area contributed by atoms with E-state index in [1.165, 1.54) is 29.9 Å². The van der Waals surface area contributed by atoms with Crippen molar-refractivity contribution in [3.8, 4) is 0 Å². The van der Waals surface area contributed by atoms with E-state index < -0.39 is 0 Å². The van der Waals surface area contributed by atoms with Crippen LogP contribution >= 0.6 is 11.8 Å². The van der Waals surface area contributed by atoms with Crippen LogP contribution in [0.3, 0.4) is 0 Å². The molecule has 2 N–H and O–H groups in total. The van der Waals surface area contributed by atoms with E-state index in [1.54, 1.807) is 0 Å². The maximum absolute atomic E-state index is 11.8. The highest BCUT2D eigenvalue weighted by molar-refractivity contribution is 7.99. The predicted octanol–water partition coefficient (Wildman–Crippen LogP) is 1.17. The van der Waals surface area contributed by atoms with Gasteiger partial charge in [0.2, 0.25) is 5.91 Å². The molecule has 2 saturated heterocycles. The fourth-order valence-corrected chi connectivity index (χ4v) is 3.20. The molecule has 2 fully saturated rings. The second-order valence-electron chi connectivity index (χ2n) is 4.60. The van der Waals surface area contributed by atoms with Crippen LogP contribution in [0, 0.1) is 5.92 Å². The van der Waals surface area contributed by atoms with Crippen molar-refractivity contribution in [1.82, 2.24) is 10.6 Å². The van der Waals surface area contributed by atoms with Crippen LogP contribution in [0.15, 0.2) is 11.1 Å². The lowest BCUT2D eigenvalue weighted by Crippen LogP contribution is -2.38. The Labute approximate surface area is 101 Å². The third-order valence-electron chi connectivity index (χ3n) is 3.44. The molecular formula is C12H20N2OS. The SMILES string of the molecule is CC(C(=O)NCC1CCSCC1)=C1CNC1. The standard InChI is InChI=1S/C12H20N2OS/c1-9(11-7-13-8-11)12(15)14-6-10-2-4-16-5-3-10/h10,13H,2-8H2,1H3,(H,14,15). The van der Waals surface area contributed by atoms with Gasteiger partial charge in [0.05, 0.1) is 0 Å². The van der Waals surface area contributed by atoms with Gasteiger partial charge in [-0.05, 0) is 42.8 Å². The molecule has 16 heavy (non-hydrogen) atoms. The third kappa shape index (κ3) is 3.01. The Hall–Kier alpha value is -0.480. The molecule has 0 aliphatic carbocycles. The topological polar surface area (TPSA) is 41.1 Å². The number of carbonyl (C=O) groups is 1. The molecular weight excluding hydrogens is 220 g/mol. The molecule has 0 saturated carbocycles. The summed E-state index contributed by atoms with van der Waals surface area (Å²) in [6, 6.07) is 0. The van der Waals surface area contributed by atoms with Crippen LogP contribution < -0.4 is 10.6 Å². The Kier molecular flexibility index (Phi) is 4.29. The summed E-state index contributed by atoms with van der Waals surface area (Å²) >= 11 is 2.03. The number of nitrogens with one attached hydrogen (secondary N) is 2. The van der Waals surface area contributed by atoms with Crippen LogP contribution in [0.4, 0.5) is 0 Å². The molecule has 1 amide bonds. The first-order valence-electron chi connectivity index (χ1n) is 6.02. The van der Waals surface area contributed by atoms with Crippen molar-refractivity contribution in [2.45, 2.75) is 19.8 Å². The number of hydrogen-bond acceptors (Lipinski definition) is 3. The second-order valence-corrected chi connectivity index (χ2v) is 5.82. The number of carbonyl (C=O) groups excluding carboxylic acids is 1. The molecule has 0 aromatic carbocycles. The van der Waals surface area contributed by atoms with Crippen LogP contribution in [-0.2, 0) is 4.79 Å². The zero-order valence-electron chi connectivity index (χ0n) is 9.84. The normalized spacial score (nSPS) is 21.4. The van der Waals surface area contributed by atoms with E-state index in [2.05, 4.69) is 10.6 Å². The van der Waals surface area contributed by atoms with Crippen molar-refractivity contribution in [2.75, 3.05) is 31.1 Å². The largest absolute Gasteiger partial charge is 0.352 e. The number of rotatable bonds is 3. The van der Waals surface area contributed by atoms with Crippen LogP contribution in [0.5, 0.6) is 0 Å². The molecule has 4 heteroatoms. The maximum atomic E-state index is 11.8. The van der Waals surface area contributed by atoms with Crippen molar-refractivity contribution in [2.24, 2.45) is 5.92 Å². The van der Waals surface area contributed by atoms with Crippen molar-refractivity contribution >= 4 is 17.7 Å². The molecule has 0 bridgehead atoms. The third-order valence-corrected chi connectivity index (χ3v) is 4.49. The van der Waals surface area contributed by atoms with Crippen LogP contribution in [0.25, 0.3) is 0 Å². The monoisotopic (exact) mass is 240 g/mol. The minimum atomic E-state index is 0.134. The van der Waals surface area contributed by atoms with Crippen molar-refractivity contribution in [3.05, 3.63) is 11.1 Å². The van der Waals surface area contributed by atoms with Crippen LogP contribution in [0.1, 0.15) is 19.8 Å². The Morgan fingerprint density at radius 2 is 2.12 bits per heavy atom. The predicted molar refractivity (Wildman–Crippen MR) is 68.6 cm³/mol. The first-order chi connectivity index (χ1) is 7.77. The fourth-order valence-electron chi connectivity index (χ4n) is 2.00. The van der Waals surface area contributed by atoms with E-state index in [0.717, 1.165) is 25.2 Å². The van der Waals surface area contributed by atoms with E-state index in [0.29, 0.717) is 5.92 Å². The summed E-state index contributed by atoms with van der Waals surface area (Å²) in [7, 11) is 0. The highest BCUT2D eigenvalue weighted by Gasteiger charge is 2.18. The van der Waals surface area contributed by atoms with Gasteiger partial charge in [0, 0.05) is 25.2 Å². The van der Waals surface area contributed by atoms with E-state index in [9.17, 15) is 4.79 Å². The van der Waals surface area contributed by atoms with Gasteiger partial charge >= 0.3 is 0 Å². The van der Waals surface area contributed by atoms with E-state index in [-0.39, 0.29) is 5.91 Å². The first-order valence-corrected chi connectivity index (χ1v) is 7.18. The minimum absolute atomic E-state index is 0.134.